The quantitative estimate of drug-likeness (QED) is 0.505. The molecule has 2 unspecified atom stereocenters. The van der Waals surface area contributed by atoms with Gasteiger partial charge in [-0.15, -0.1) is 0 Å². The Balaban J connectivity index is 1.52. The van der Waals surface area contributed by atoms with E-state index in [9.17, 15) is 0 Å². The molecule has 0 bridgehead atoms. The fourth-order valence-corrected chi connectivity index (χ4v) is 3.75. The van der Waals surface area contributed by atoms with E-state index in [2.05, 4.69) is 43.0 Å². The van der Waals surface area contributed by atoms with E-state index >= 15 is 0 Å². The van der Waals surface area contributed by atoms with E-state index in [1.165, 1.54) is 5.56 Å². The molecule has 1 N–H and O–H groups in total. The van der Waals surface area contributed by atoms with Crippen LogP contribution in [0.2, 0.25) is 0 Å². The first kappa shape index (κ1) is 18.5. The smallest absolute Gasteiger partial charge is 0.193 e. The summed E-state index contributed by atoms with van der Waals surface area (Å²) in [6.07, 6.45) is 8.99. The zero-order chi connectivity index (χ0) is 18.5. The van der Waals surface area contributed by atoms with E-state index in [0.717, 1.165) is 56.3 Å². The number of guanidine groups is 1. The average Bonchev–Trinajstić information content (AvgIpc) is 3.27. The first-order valence-corrected chi connectivity index (χ1v) is 9.45. The number of nitrogens with one attached hydrogen (secondary N) is 1. The van der Waals surface area contributed by atoms with Gasteiger partial charge in [0.1, 0.15) is 5.76 Å². The molecule has 7 heteroatoms. The van der Waals surface area contributed by atoms with Crippen molar-refractivity contribution in [2.24, 2.45) is 10.9 Å². The number of rotatable bonds is 5. The molecular weight excluding hydrogens is 328 g/mol. The molecule has 26 heavy (non-hydrogen) atoms. The highest BCUT2D eigenvalue weighted by Gasteiger charge is 2.28. The second-order valence-electron chi connectivity index (χ2n) is 7.17. The molecule has 0 aromatic carbocycles. The number of nitrogens with zero attached hydrogens (tertiary/aromatic N) is 5. The van der Waals surface area contributed by atoms with Crippen LogP contribution in [0.4, 0.5) is 0 Å². The lowest BCUT2D eigenvalue weighted by atomic mass is 9.93. The van der Waals surface area contributed by atoms with Crippen LogP contribution >= 0.6 is 0 Å². The molecule has 7 nitrogen and oxygen atoms in total. The van der Waals surface area contributed by atoms with Gasteiger partial charge >= 0.3 is 0 Å². The van der Waals surface area contributed by atoms with Gasteiger partial charge in [-0.3, -0.25) is 4.99 Å². The molecule has 1 saturated heterocycles. The standard InChI is InChI=1S/C19H30N6O/c1-14-7-10-24(12-18(14)25-11-9-21-13-25)19(20-4)22-8-5-6-17-15(2)23-26-16(17)3/h9,11,13-14,18H,5-8,10,12H2,1-4H3,(H,20,22). The van der Waals surface area contributed by atoms with E-state index in [-0.39, 0.29) is 0 Å². The van der Waals surface area contributed by atoms with Gasteiger partial charge in [0.25, 0.3) is 0 Å². The van der Waals surface area contributed by atoms with Gasteiger partial charge in [-0.1, -0.05) is 12.1 Å². The van der Waals surface area contributed by atoms with Crippen molar-refractivity contribution in [1.29, 1.82) is 0 Å². The van der Waals surface area contributed by atoms with Gasteiger partial charge < -0.3 is 19.3 Å². The van der Waals surface area contributed by atoms with E-state index in [0.29, 0.717) is 12.0 Å². The minimum absolute atomic E-state index is 0.437. The summed E-state index contributed by atoms with van der Waals surface area (Å²) in [6, 6.07) is 0.437. The van der Waals surface area contributed by atoms with Crippen molar-refractivity contribution in [2.45, 2.75) is 46.1 Å². The second-order valence-corrected chi connectivity index (χ2v) is 7.17. The van der Waals surface area contributed by atoms with Crippen molar-refractivity contribution in [3.05, 3.63) is 35.7 Å². The minimum Gasteiger partial charge on any atom is -0.361 e. The first-order chi connectivity index (χ1) is 12.6. The summed E-state index contributed by atoms with van der Waals surface area (Å²) in [5, 5.41) is 7.55. The molecule has 2 atom stereocenters. The van der Waals surface area contributed by atoms with Gasteiger partial charge in [0.05, 0.1) is 18.1 Å². The molecule has 0 amide bonds. The van der Waals surface area contributed by atoms with E-state index in [4.69, 9.17) is 4.52 Å². The van der Waals surface area contributed by atoms with Crippen LogP contribution in [-0.2, 0) is 6.42 Å². The summed E-state index contributed by atoms with van der Waals surface area (Å²) in [5.74, 6) is 2.55. The summed E-state index contributed by atoms with van der Waals surface area (Å²) >= 11 is 0. The van der Waals surface area contributed by atoms with Gasteiger partial charge in [0.2, 0.25) is 0 Å². The summed E-state index contributed by atoms with van der Waals surface area (Å²) in [4.78, 5) is 11.1. The first-order valence-electron chi connectivity index (χ1n) is 9.45. The fraction of sp³-hybridized carbons (Fsp3) is 0.632. The fourth-order valence-electron chi connectivity index (χ4n) is 3.75. The number of aliphatic imine (C=N–C) groups is 1. The Kier molecular flexibility index (Phi) is 5.96. The van der Waals surface area contributed by atoms with Crippen LogP contribution in [0.3, 0.4) is 0 Å². The highest BCUT2D eigenvalue weighted by molar-refractivity contribution is 5.80. The van der Waals surface area contributed by atoms with Crippen molar-refractivity contribution in [1.82, 2.24) is 24.9 Å². The zero-order valence-corrected chi connectivity index (χ0v) is 16.3. The Morgan fingerprint density at radius 1 is 1.42 bits per heavy atom. The highest BCUT2D eigenvalue weighted by atomic mass is 16.5. The number of aryl methyl sites for hydroxylation is 2. The van der Waals surface area contributed by atoms with E-state index in [1.807, 2.05) is 33.4 Å². The topological polar surface area (TPSA) is 71.5 Å². The van der Waals surface area contributed by atoms with Gasteiger partial charge in [-0.25, -0.2) is 4.98 Å². The predicted octanol–water partition coefficient (Wildman–Crippen LogP) is 2.58. The van der Waals surface area contributed by atoms with Crippen LogP contribution in [0.25, 0.3) is 0 Å². The predicted molar refractivity (Wildman–Crippen MR) is 102 cm³/mol. The number of piperidine rings is 1. The number of likely N-dealkylation sites (tertiary alicyclic amines) is 1. The van der Waals surface area contributed by atoms with Gasteiger partial charge in [-0.05, 0) is 39.0 Å². The monoisotopic (exact) mass is 358 g/mol. The highest BCUT2D eigenvalue weighted by Crippen LogP contribution is 2.27. The molecule has 3 heterocycles. The van der Waals surface area contributed by atoms with Crippen molar-refractivity contribution in [3.8, 4) is 0 Å². The third kappa shape index (κ3) is 4.08. The summed E-state index contributed by atoms with van der Waals surface area (Å²) in [6.45, 7) is 9.19. The molecule has 0 aliphatic carbocycles. The zero-order valence-electron chi connectivity index (χ0n) is 16.3. The van der Waals surface area contributed by atoms with Crippen LogP contribution in [0, 0.1) is 19.8 Å². The lowest BCUT2D eigenvalue weighted by Gasteiger charge is -2.39. The van der Waals surface area contributed by atoms with Crippen LogP contribution in [0.1, 0.15) is 42.8 Å². The van der Waals surface area contributed by atoms with Crippen LogP contribution in [0.5, 0.6) is 0 Å². The SMILES string of the molecule is CN=C(NCCCc1c(C)noc1C)N1CCC(C)C(n2ccnc2)C1. The molecular formula is C19H30N6O. The second kappa shape index (κ2) is 8.38. The van der Waals surface area contributed by atoms with Crippen molar-refractivity contribution in [2.75, 3.05) is 26.7 Å². The Morgan fingerprint density at radius 2 is 2.27 bits per heavy atom. The third-order valence-electron chi connectivity index (χ3n) is 5.41. The molecule has 1 aliphatic heterocycles. The summed E-state index contributed by atoms with van der Waals surface area (Å²) in [7, 11) is 1.86. The molecule has 3 rings (SSSR count). The lowest BCUT2D eigenvalue weighted by molar-refractivity contribution is 0.189. The number of aromatic nitrogens is 3. The van der Waals surface area contributed by atoms with Crippen molar-refractivity contribution in [3.63, 3.8) is 0 Å². The minimum atomic E-state index is 0.437. The Morgan fingerprint density at radius 3 is 2.92 bits per heavy atom. The Hall–Kier alpha value is -2.31. The molecule has 0 saturated carbocycles. The number of imidazole rings is 1. The number of hydrogen-bond donors (Lipinski definition) is 1. The molecule has 1 fully saturated rings. The van der Waals surface area contributed by atoms with Crippen molar-refractivity contribution < 1.29 is 4.52 Å². The van der Waals surface area contributed by atoms with Crippen molar-refractivity contribution >= 4 is 5.96 Å². The Labute approximate surface area is 155 Å². The molecule has 2 aromatic rings. The van der Waals surface area contributed by atoms with Gasteiger partial charge in [0.15, 0.2) is 5.96 Å². The maximum atomic E-state index is 5.24. The number of hydrogen-bond acceptors (Lipinski definition) is 4. The lowest BCUT2D eigenvalue weighted by Crippen LogP contribution is -2.49. The largest absolute Gasteiger partial charge is 0.361 e. The average molecular weight is 358 g/mol. The Bertz CT molecular complexity index is 701. The van der Waals surface area contributed by atoms with E-state index < -0.39 is 0 Å². The molecule has 1 aliphatic rings. The van der Waals surface area contributed by atoms with Crippen LogP contribution < -0.4 is 5.32 Å². The van der Waals surface area contributed by atoms with E-state index in [1.54, 1.807) is 0 Å². The third-order valence-corrected chi connectivity index (χ3v) is 5.41. The van der Waals surface area contributed by atoms with Crippen LogP contribution in [0.15, 0.2) is 28.2 Å². The molecule has 0 spiro atoms. The maximum Gasteiger partial charge on any atom is 0.193 e. The summed E-state index contributed by atoms with van der Waals surface area (Å²) < 4.78 is 7.46. The normalized spacial score (nSPS) is 21.2. The van der Waals surface area contributed by atoms with Gasteiger partial charge in [-0.2, -0.15) is 0 Å². The molecule has 142 valence electrons. The molecule has 0 radical (unpaired) electrons. The molecule has 2 aromatic heterocycles. The van der Waals surface area contributed by atoms with Gasteiger partial charge in [0, 0.05) is 44.6 Å². The maximum absolute atomic E-state index is 5.24. The van der Waals surface area contributed by atoms with Crippen LogP contribution in [-0.4, -0.2) is 52.2 Å². The summed E-state index contributed by atoms with van der Waals surface area (Å²) in [5.41, 5.74) is 2.23.